The maximum absolute atomic E-state index is 11.8. The van der Waals surface area contributed by atoms with E-state index in [0.717, 1.165) is 5.56 Å². The number of hydrogen-bond donors (Lipinski definition) is 4. The molecule has 1 aromatic rings. The van der Waals surface area contributed by atoms with Gasteiger partial charge in [0.15, 0.2) is 0 Å². The van der Waals surface area contributed by atoms with Crippen molar-refractivity contribution in [1.82, 2.24) is 5.32 Å². The van der Waals surface area contributed by atoms with E-state index in [0.29, 0.717) is 0 Å². The topological polar surface area (TPSA) is 130 Å². The number of nitrogens with two attached hydrogens (primary N) is 1. The Morgan fingerprint density at radius 1 is 1.15 bits per heavy atom. The summed E-state index contributed by atoms with van der Waals surface area (Å²) in [4.78, 5) is 33.1. The molecule has 2 atom stereocenters. The van der Waals surface area contributed by atoms with Crippen LogP contribution in [0, 0.1) is 0 Å². The number of carbonyl (C=O) groups excluding carboxylic acids is 1. The van der Waals surface area contributed by atoms with Gasteiger partial charge in [-0.2, -0.15) is 0 Å². The molecule has 1 amide bonds. The molecule has 0 spiro atoms. The van der Waals surface area contributed by atoms with E-state index in [1.807, 2.05) is 6.07 Å². The molecule has 0 fully saturated rings. The van der Waals surface area contributed by atoms with Gasteiger partial charge < -0.3 is 21.3 Å². The van der Waals surface area contributed by atoms with E-state index in [9.17, 15) is 14.4 Å². The number of aliphatic carboxylic acids is 2. The lowest BCUT2D eigenvalue weighted by atomic mass is 10.1. The van der Waals surface area contributed by atoms with Crippen molar-refractivity contribution in [2.24, 2.45) is 5.73 Å². The fraction of sp³-hybridized carbons (Fsp3) is 0.308. The molecule has 0 radical (unpaired) electrons. The van der Waals surface area contributed by atoms with Crippen LogP contribution in [-0.4, -0.2) is 40.1 Å². The highest BCUT2D eigenvalue weighted by Gasteiger charge is 2.25. The van der Waals surface area contributed by atoms with Gasteiger partial charge in [-0.15, -0.1) is 0 Å². The van der Waals surface area contributed by atoms with Crippen molar-refractivity contribution in [3.05, 3.63) is 35.9 Å². The molecule has 1 aromatic carbocycles. The van der Waals surface area contributed by atoms with Crippen LogP contribution in [0.25, 0.3) is 0 Å². The van der Waals surface area contributed by atoms with Crippen LogP contribution in [0.1, 0.15) is 12.0 Å². The van der Waals surface area contributed by atoms with Crippen LogP contribution < -0.4 is 11.1 Å². The number of nitrogens with one attached hydrogen (secondary N) is 1. The second-order valence-electron chi connectivity index (χ2n) is 4.29. The normalized spacial score (nSPS) is 13.2. The average molecular weight is 280 g/mol. The smallest absolute Gasteiger partial charge is 0.326 e. The van der Waals surface area contributed by atoms with Gasteiger partial charge in [-0.1, -0.05) is 30.3 Å². The molecule has 5 N–H and O–H groups in total. The summed E-state index contributed by atoms with van der Waals surface area (Å²) < 4.78 is 0. The summed E-state index contributed by atoms with van der Waals surface area (Å²) in [5.41, 5.74) is 6.51. The fourth-order valence-electron chi connectivity index (χ4n) is 1.61. The van der Waals surface area contributed by atoms with Crippen molar-refractivity contribution in [2.45, 2.75) is 24.9 Å². The summed E-state index contributed by atoms with van der Waals surface area (Å²) >= 11 is 0. The van der Waals surface area contributed by atoms with Gasteiger partial charge in [0.25, 0.3) is 0 Å². The highest BCUT2D eigenvalue weighted by atomic mass is 16.4. The quantitative estimate of drug-likeness (QED) is 0.537. The van der Waals surface area contributed by atoms with Crippen molar-refractivity contribution < 1.29 is 24.6 Å². The van der Waals surface area contributed by atoms with Crippen molar-refractivity contribution in [3.8, 4) is 0 Å². The third-order valence-corrected chi connectivity index (χ3v) is 2.63. The van der Waals surface area contributed by atoms with Crippen molar-refractivity contribution in [1.29, 1.82) is 0 Å². The number of hydrogen-bond acceptors (Lipinski definition) is 4. The van der Waals surface area contributed by atoms with Crippen molar-refractivity contribution in [3.63, 3.8) is 0 Å². The molecule has 0 bridgehead atoms. The molecule has 0 aromatic heterocycles. The minimum Gasteiger partial charge on any atom is -0.481 e. The van der Waals surface area contributed by atoms with E-state index in [-0.39, 0.29) is 6.42 Å². The third-order valence-electron chi connectivity index (χ3n) is 2.63. The predicted octanol–water partition coefficient (Wildman–Crippen LogP) is -0.399. The van der Waals surface area contributed by atoms with Crippen LogP contribution in [0.3, 0.4) is 0 Å². The molecule has 0 saturated heterocycles. The zero-order chi connectivity index (χ0) is 15.1. The maximum atomic E-state index is 11.8. The second kappa shape index (κ2) is 7.25. The molecule has 0 aliphatic carbocycles. The van der Waals surface area contributed by atoms with Gasteiger partial charge in [0.1, 0.15) is 6.04 Å². The number of rotatable bonds is 7. The fourth-order valence-corrected chi connectivity index (χ4v) is 1.61. The molecule has 7 heteroatoms. The molecule has 1 rings (SSSR count). The molecule has 0 saturated carbocycles. The molecule has 0 aliphatic heterocycles. The Kier molecular flexibility index (Phi) is 5.67. The van der Waals surface area contributed by atoms with E-state index in [1.165, 1.54) is 0 Å². The maximum Gasteiger partial charge on any atom is 0.326 e. The van der Waals surface area contributed by atoms with E-state index in [4.69, 9.17) is 15.9 Å². The summed E-state index contributed by atoms with van der Waals surface area (Å²) in [6.07, 6.45) is -0.453. The molecule has 108 valence electrons. The Hall–Kier alpha value is -2.41. The number of amides is 1. The first-order valence-electron chi connectivity index (χ1n) is 5.94. The minimum atomic E-state index is -1.48. The van der Waals surface area contributed by atoms with E-state index in [1.54, 1.807) is 24.3 Å². The van der Waals surface area contributed by atoms with Gasteiger partial charge in [-0.3, -0.25) is 9.59 Å². The Labute approximate surface area is 115 Å². The Morgan fingerprint density at radius 2 is 1.75 bits per heavy atom. The Bertz CT molecular complexity index is 489. The van der Waals surface area contributed by atoms with Gasteiger partial charge in [-0.25, -0.2) is 4.79 Å². The van der Waals surface area contributed by atoms with E-state index < -0.39 is 36.4 Å². The van der Waals surface area contributed by atoms with E-state index >= 15 is 0 Å². The number of carboxylic acid groups (broad SMARTS) is 2. The van der Waals surface area contributed by atoms with Crippen molar-refractivity contribution in [2.75, 3.05) is 0 Å². The summed E-state index contributed by atoms with van der Waals surface area (Å²) in [6.45, 7) is 0. The second-order valence-corrected chi connectivity index (χ2v) is 4.29. The highest BCUT2D eigenvalue weighted by molar-refractivity contribution is 5.89. The molecule has 0 unspecified atom stereocenters. The van der Waals surface area contributed by atoms with Gasteiger partial charge in [0, 0.05) is 0 Å². The first kappa shape index (κ1) is 15.6. The van der Waals surface area contributed by atoms with Crippen LogP contribution in [0.15, 0.2) is 30.3 Å². The monoisotopic (exact) mass is 280 g/mol. The highest BCUT2D eigenvalue weighted by Crippen LogP contribution is 2.02. The van der Waals surface area contributed by atoms with Gasteiger partial charge in [0.2, 0.25) is 5.91 Å². The van der Waals surface area contributed by atoms with Crippen LogP contribution in [0.5, 0.6) is 0 Å². The zero-order valence-corrected chi connectivity index (χ0v) is 10.7. The number of carbonyl (C=O) groups is 3. The largest absolute Gasteiger partial charge is 0.481 e. The lowest BCUT2D eigenvalue weighted by Crippen LogP contribution is -2.49. The summed E-state index contributed by atoms with van der Waals surface area (Å²) in [5.74, 6) is -3.41. The lowest BCUT2D eigenvalue weighted by molar-refractivity contribution is -0.147. The summed E-state index contributed by atoms with van der Waals surface area (Å²) in [5, 5.41) is 19.5. The number of benzene rings is 1. The Morgan fingerprint density at radius 3 is 2.25 bits per heavy atom. The molecular weight excluding hydrogens is 264 g/mol. The summed E-state index contributed by atoms with van der Waals surface area (Å²) in [7, 11) is 0. The standard InChI is InChI=1S/C13H16N2O5/c14-9(6-8-4-2-1-3-5-8)12(18)15-10(13(19)20)7-11(16)17/h1-5,9-10H,6-7,14H2,(H,15,18)(H,16,17)(H,19,20)/t9-,10+/m1/s1. The van der Waals surface area contributed by atoms with Gasteiger partial charge in [-0.05, 0) is 12.0 Å². The first-order chi connectivity index (χ1) is 9.40. The van der Waals surface area contributed by atoms with Gasteiger partial charge in [0.05, 0.1) is 12.5 Å². The predicted molar refractivity (Wildman–Crippen MR) is 69.9 cm³/mol. The van der Waals surface area contributed by atoms with Crippen LogP contribution in [0.2, 0.25) is 0 Å². The molecule has 0 aliphatic rings. The molecule has 7 nitrogen and oxygen atoms in total. The van der Waals surface area contributed by atoms with E-state index in [2.05, 4.69) is 5.32 Å². The SMILES string of the molecule is N[C@H](Cc1ccccc1)C(=O)N[C@@H](CC(=O)O)C(=O)O. The van der Waals surface area contributed by atoms with Gasteiger partial charge >= 0.3 is 11.9 Å². The van der Waals surface area contributed by atoms with Crippen molar-refractivity contribution >= 4 is 17.8 Å². The minimum absolute atomic E-state index is 0.242. The lowest BCUT2D eigenvalue weighted by Gasteiger charge is -2.16. The first-order valence-corrected chi connectivity index (χ1v) is 5.94. The van der Waals surface area contributed by atoms with Crippen LogP contribution in [0.4, 0.5) is 0 Å². The molecular formula is C13H16N2O5. The van der Waals surface area contributed by atoms with Crippen LogP contribution >= 0.6 is 0 Å². The number of carboxylic acids is 2. The third kappa shape index (κ3) is 5.07. The zero-order valence-electron chi connectivity index (χ0n) is 10.7. The Balaban J connectivity index is 2.59. The average Bonchev–Trinajstić information content (AvgIpc) is 2.38. The summed E-state index contributed by atoms with van der Waals surface area (Å²) in [6, 6.07) is 6.57. The van der Waals surface area contributed by atoms with Crippen LogP contribution in [-0.2, 0) is 20.8 Å². The molecule has 20 heavy (non-hydrogen) atoms. The molecule has 0 heterocycles.